The molecule has 1 saturated carbocycles. The molecule has 5 nitrogen and oxygen atoms in total. The third-order valence-electron chi connectivity index (χ3n) is 6.29. The number of carbonyl (C=O) groups excluding carboxylic acids is 1. The second-order valence-electron chi connectivity index (χ2n) is 8.59. The maximum atomic E-state index is 14.8. The lowest BCUT2D eigenvalue weighted by atomic mass is 9.77. The molecule has 156 valence electrons. The number of hydrogen-bond donors (Lipinski definition) is 1. The van der Waals surface area contributed by atoms with Crippen LogP contribution in [0.5, 0.6) is 5.75 Å². The number of aliphatic hydroxyl groups excluding tert-OH is 1. The van der Waals surface area contributed by atoms with E-state index in [1.165, 1.54) is 13.2 Å². The number of nitrogens with zero attached hydrogens (tertiary/aromatic N) is 1. The van der Waals surface area contributed by atoms with Crippen LogP contribution in [0.1, 0.15) is 63.5 Å². The number of methoxy groups -OCH3 is 1. The summed E-state index contributed by atoms with van der Waals surface area (Å²) in [7, 11) is 1.52. The van der Waals surface area contributed by atoms with E-state index in [0.717, 1.165) is 31.8 Å². The fourth-order valence-electron chi connectivity index (χ4n) is 4.64. The van der Waals surface area contributed by atoms with Crippen LogP contribution in [0, 0.1) is 18.3 Å². The molecular formula is C23H28FNO4. The molecule has 0 amide bonds. The molecular weight excluding hydrogens is 373 g/mol. The van der Waals surface area contributed by atoms with Crippen LogP contribution >= 0.6 is 0 Å². The average Bonchev–Trinajstić information content (AvgIpc) is 3.21. The molecule has 1 heterocycles. The summed E-state index contributed by atoms with van der Waals surface area (Å²) in [6.07, 6.45) is 6.39. The molecule has 1 aromatic carbocycles. The SMILES string of the molecule is [C-]#[N+]C(C)(C)c1cc(OC)c(CCC2(C3CCCC3)CC(O)=CC(=O)O2)cc1F. The zero-order chi connectivity index (χ0) is 21.2. The molecule has 2 aliphatic rings. The zero-order valence-electron chi connectivity index (χ0n) is 17.3. The fraction of sp³-hybridized carbons (Fsp3) is 0.565. The van der Waals surface area contributed by atoms with Gasteiger partial charge in [0.2, 0.25) is 0 Å². The first-order valence-corrected chi connectivity index (χ1v) is 10.1. The lowest BCUT2D eigenvalue weighted by molar-refractivity contribution is -0.165. The number of aryl methyl sites for hydroxylation is 1. The highest BCUT2D eigenvalue weighted by Gasteiger charge is 2.46. The Kier molecular flexibility index (Phi) is 5.88. The number of esters is 1. The quantitative estimate of drug-likeness (QED) is 0.523. The summed E-state index contributed by atoms with van der Waals surface area (Å²) in [5, 5.41) is 10.1. The maximum Gasteiger partial charge on any atom is 0.334 e. The first-order chi connectivity index (χ1) is 13.7. The van der Waals surface area contributed by atoms with Gasteiger partial charge in [0.1, 0.15) is 22.9 Å². The summed E-state index contributed by atoms with van der Waals surface area (Å²) in [4.78, 5) is 15.6. The molecule has 1 atom stereocenters. The van der Waals surface area contributed by atoms with Gasteiger partial charge in [0.15, 0.2) is 0 Å². The average molecular weight is 401 g/mol. The van der Waals surface area contributed by atoms with Crippen LogP contribution in [0.15, 0.2) is 24.0 Å². The number of aliphatic hydroxyl groups is 1. The Bertz CT molecular complexity index is 864. The van der Waals surface area contributed by atoms with E-state index >= 15 is 0 Å². The van der Waals surface area contributed by atoms with E-state index in [0.29, 0.717) is 29.7 Å². The van der Waals surface area contributed by atoms with Crippen molar-refractivity contribution in [2.45, 2.75) is 69.9 Å². The Labute approximate surface area is 171 Å². The molecule has 0 saturated heterocycles. The highest BCUT2D eigenvalue weighted by Crippen LogP contribution is 2.45. The van der Waals surface area contributed by atoms with Gasteiger partial charge in [0, 0.05) is 20.3 Å². The Morgan fingerprint density at radius 3 is 2.66 bits per heavy atom. The Balaban J connectivity index is 1.90. The normalized spacial score (nSPS) is 22.7. The third-order valence-corrected chi connectivity index (χ3v) is 6.29. The van der Waals surface area contributed by atoms with Gasteiger partial charge in [-0.05, 0) is 49.3 Å². The summed E-state index contributed by atoms with van der Waals surface area (Å²) >= 11 is 0. The fourth-order valence-corrected chi connectivity index (χ4v) is 4.64. The van der Waals surface area contributed by atoms with Crippen molar-refractivity contribution in [1.82, 2.24) is 0 Å². The van der Waals surface area contributed by atoms with Gasteiger partial charge in [-0.15, -0.1) is 0 Å². The monoisotopic (exact) mass is 401 g/mol. The van der Waals surface area contributed by atoms with Crippen molar-refractivity contribution in [1.29, 1.82) is 0 Å². The van der Waals surface area contributed by atoms with E-state index in [1.54, 1.807) is 19.9 Å². The van der Waals surface area contributed by atoms with Crippen molar-refractivity contribution in [3.63, 3.8) is 0 Å². The van der Waals surface area contributed by atoms with Crippen molar-refractivity contribution in [2.24, 2.45) is 5.92 Å². The van der Waals surface area contributed by atoms with Gasteiger partial charge in [0.05, 0.1) is 18.7 Å². The molecule has 0 aromatic heterocycles. The molecule has 1 unspecified atom stereocenters. The molecule has 0 radical (unpaired) electrons. The first-order valence-electron chi connectivity index (χ1n) is 10.1. The largest absolute Gasteiger partial charge is 0.512 e. The van der Waals surface area contributed by atoms with Crippen LogP contribution in [0.3, 0.4) is 0 Å². The van der Waals surface area contributed by atoms with Gasteiger partial charge in [0.25, 0.3) is 5.54 Å². The number of benzene rings is 1. The van der Waals surface area contributed by atoms with Gasteiger partial charge >= 0.3 is 5.97 Å². The molecule has 1 fully saturated rings. The van der Waals surface area contributed by atoms with Crippen LogP contribution in [-0.4, -0.2) is 23.8 Å². The third kappa shape index (κ3) is 4.24. The van der Waals surface area contributed by atoms with Crippen LogP contribution < -0.4 is 4.74 Å². The predicted octanol–water partition coefficient (Wildman–Crippen LogP) is 5.24. The number of hydrogen-bond acceptors (Lipinski definition) is 4. The standard InChI is InChI=1S/C23H28FNO4/c1-22(2,25-3)18-13-20(28-4)15(11-19(18)24)9-10-23(16-7-5-6-8-16)14-17(26)12-21(27)29-23/h11-13,16,26H,5-10,14H2,1-2,4H3. The van der Waals surface area contributed by atoms with Crippen molar-refractivity contribution < 1.29 is 23.8 Å². The summed E-state index contributed by atoms with van der Waals surface area (Å²) < 4.78 is 26.1. The minimum atomic E-state index is -0.990. The molecule has 3 rings (SSSR count). The summed E-state index contributed by atoms with van der Waals surface area (Å²) in [6.45, 7) is 10.7. The van der Waals surface area contributed by atoms with Crippen molar-refractivity contribution in [3.05, 3.63) is 52.3 Å². The van der Waals surface area contributed by atoms with E-state index in [-0.39, 0.29) is 18.1 Å². The number of carbonyl (C=O) groups is 1. The summed E-state index contributed by atoms with van der Waals surface area (Å²) in [6, 6.07) is 3.01. The van der Waals surface area contributed by atoms with E-state index in [9.17, 15) is 14.3 Å². The highest BCUT2D eigenvalue weighted by atomic mass is 19.1. The first kappa shape index (κ1) is 21.2. The topological polar surface area (TPSA) is 60.1 Å². The van der Waals surface area contributed by atoms with Crippen LogP contribution in [0.4, 0.5) is 4.39 Å². The zero-order valence-corrected chi connectivity index (χ0v) is 17.3. The molecule has 0 bridgehead atoms. The van der Waals surface area contributed by atoms with Crippen molar-refractivity contribution in [2.75, 3.05) is 7.11 Å². The van der Waals surface area contributed by atoms with Crippen LogP contribution in [0.25, 0.3) is 4.85 Å². The number of ether oxygens (including phenoxy) is 2. The smallest absolute Gasteiger partial charge is 0.334 e. The molecule has 0 spiro atoms. The van der Waals surface area contributed by atoms with Crippen molar-refractivity contribution in [3.8, 4) is 5.75 Å². The lowest BCUT2D eigenvalue weighted by Gasteiger charge is -2.40. The maximum absolute atomic E-state index is 14.8. The lowest BCUT2D eigenvalue weighted by Crippen LogP contribution is -2.44. The van der Waals surface area contributed by atoms with Gasteiger partial charge < -0.3 is 19.4 Å². The van der Waals surface area contributed by atoms with Gasteiger partial charge in [-0.1, -0.05) is 12.8 Å². The molecule has 1 N–H and O–H groups in total. The summed E-state index contributed by atoms with van der Waals surface area (Å²) in [5.74, 6) is -0.228. The predicted molar refractivity (Wildman–Crippen MR) is 107 cm³/mol. The van der Waals surface area contributed by atoms with Gasteiger partial charge in [-0.2, -0.15) is 0 Å². The summed E-state index contributed by atoms with van der Waals surface area (Å²) in [5.41, 5.74) is -0.806. The van der Waals surface area contributed by atoms with E-state index in [1.807, 2.05) is 0 Å². The second-order valence-corrected chi connectivity index (χ2v) is 8.59. The molecule has 1 aromatic rings. The van der Waals surface area contributed by atoms with E-state index in [4.69, 9.17) is 16.0 Å². The minimum absolute atomic E-state index is 0.0421. The molecule has 29 heavy (non-hydrogen) atoms. The highest BCUT2D eigenvalue weighted by molar-refractivity contribution is 5.83. The number of cyclic esters (lactones) is 1. The Morgan fingerprint density at radius 1 is 1.38 bits per heavy atom. The van der Waals surface area contributed by atoms with E-state index < -0.39 is 22.9 Å². The van der Waals surface area contributed by atoms with Gasteiger partial charge in [-0.25, -0.2) is 15.8 Å². The van der Waals surface area contributed by atoms with Crippen molar-refractivity contribution >= 4 is 5.97 Å². The molecule has 1 aliphatic heterocycles. The minimum Gasteiger partial charge on any atom is -0.512 e. The van der Waals surface area contributed by atoms with Gasteiger partial charge in [-0.3, -0.25) is 0 Å². The number of halogens is 1. The molecule has 1 aliphatic carbocycles. The van der Waals surface area contributed by atoms with Crippen LogP contribution in [-0.2, 0) is 21.5 Å². The molecule has 6 heteroatoms. The van der Waals surface area contributed by atoms with E-state index in [2.05, 4.69) is 4.85 Å². The number of rotatable bonds is 6. The Hall–Kier alpha value is -2.55. The second kappa shape index (κ2) is 8.06. The Morgan fingerprint density at radius 2 is 2.07 bits per heavy atom. The van der Waals surface area contributed by atoms with Crippen LogP contribution in [0.2, 0.25) is 0 Å².